The minimum atomic E-state index is -0.797. The normalized spacial score (nSPS) is 14.9. The van der Waals surface area contributed by atoms with Gasteiger partial charge in [-0.3, -0.25) is 14.9 Å². The zero-order valence-electron chi connectivity index (χ0n) is 19.6. The number of carbonyl (C=O) groups is 2. The van der Waals surface area contributed by atoms with Crippen LogP contribution in [-0.4, -0.2) is 24.0 Å². The van der Waals surface area contributed by atoms with E-state index in [0.717, 1.165) is 5.56 Å². The molecule has 3 aromatic rings. The molecule has 0 saturated heterocycles. The van der Waals surface area contributed by atoms with Crippen LogP contribution in [0.25, 0.3) is 0 Å². The van der Waals surface area contributed by atoms with Crippen molar-refractivity contribution in [2.75, 3.05) is 12.4 Å². The minimum Gasteiger partial charge on any atom is -0.493 e. The number of non-ortho nitro benzene ring substituents is 1. The summed E-state index contributed by atoms with van der Waals surface area (Å²) in [6.07, 6.45) is 0. The lowest BCUT2D eigenvalue weighted by molar-refractivity contribution is -0.384. The van der Waals surface area contributed by atoms with Crippen LogP contribution < -0.4 is 25.4 Å². The first kappa shape index (κ1) is 24.3. The van der Waals surface area contributed by atoms with Gasteiger partial charge in [0, 0.05) is 23.5 Å². The van der Waals surface area contributed by atoms with Crippen LogP contribution >= 0.6 is 0 Å². The van der Waals surface area contributed by atoms with Gasteiger partial charge in [-0.15, -0.1) is 0 Å². The Morgan fingerprint density at radius 3 is 2.56 bits per heavy atom. The molecular formula is C26H24N4O6. The molecule has 3 aromatic carbocycles. The highest BCUT2D eigenvalue weighted by Gasteiger charge is 2.32. The third-order valence-electron chi connectivity index (χ3n) is 5.59. The lowest BCUT2D eigenvalue weighted by Crippen LogP contribution is -2.46. The van der Waals surface area contributed by atoms with Crippen LogP contribution in [0.4, 0.5) is 16.2 Å². The fourth-order valence-electron chi connectivity index (χ4n) is 3.86. The monoisotopic (exact) mass is 488 g/mol. The smallest absolute Gasteiger partial charge is 0.319 e. The summed E-state index contributed by atoms with van der Waals surface area (Å²) in [4.78, 5) is 36.1. The number of amides is 3. The SMILES string of the molecule is COc1cc([C@@H]2NC(=O)NC(C)=C2C(=O)Nc2cccc([N+](=O)[O-])c2)ccc1OCc1ccccc1. The quantitative estimate of drug-likeness (QED) is 0.317. The molecule has 3 amide bonds. The Kier molecular flexibility index (Phi) is 7.15. The number of anilines is 1. The number of hydrogen-bond acceptors (Lipinski definition) is 6. The summed E-state index contributed by atoms with van der Waals surface area (Å²) in [5, 5.41) is 19.1. The van der Waals surface area contributed by atoms with Gasteiger partial charge in [0.25, 0.3) is 11.6 Å². The predicted molar refractivity (Wildman–Crippen MR) is 133 cm³/mol. The number of nitrogens with zero attached hydrogens (tertiary/aromatic N) is 1. The zero-order valence-corrected chi connectivity index (χ0v) is 19.6. The third-order valence-corrected chi connectivity index (χ3v) is 5.59. The van der Waals surface area contributed by atoms with Crippen LogP contribution in [0, 0.1) is 10.1 Å². The number of nitrogens with one attached hydrogen (secondary N) is 3. The van der Waals surface area contributed by atoms with E-state index in [1.165, 1.54) is 25.3 Å². The highest BCUT2D eigenvalue weighted by molar-refractivity contribution is 6.06. The molecule has 36 heavy (non-hydrogen) atoms. The number of allylic oxidation sites excluding steroid dienone is 1. The summed E-state index contributed by atoms with van der Waals surface area (Å²) < 4.78 is 11.4. The molecule has 3 N–H and O–H groups in total. The lowest BCUT2D eigenvalue weighted by Gasteiger charge is -2.29. The van der Waals surface area contributed by atoms with E-state index >= 15 is 0 Å². The summed E-state index contributed by atoms with van der Waals surface area (Å²) in [5.74, 6) is 0.426. The summed E-state index contributed by atoms with van der Waals surface area (Å²) in [6, 6.07) is 19.2. The van der Waals surface area contributed by atoms with Crippen molar-refractivity contribution >= 4 is 23.3 Å². The molecule has 0 aromatic heterocycles. The van der Waals surface area contributed by atoms with E-state index in [-0.39, 0.29) is 16.9 Å². The molecule has 10 heteroatoms. The van der Waals surface area contributed by atoms with E-state index in [2.05, 4.69) is 16.0 Å². The molecule has 0 fully saturated rings. The Morgan fingerprint density at radius 1 is 1.06 bits per heavy atom. The number of methoxy groups -OCH3 is 1. The molecule has 1 atom stereocenters. The zero-order chi connectivity index (χ0) is 25.7. The first-order chi connectivity index (χ1) is 17.4. The largest absolute Gasteiger partial charge is 0.493 e. The average molecular weight is 489 g/mol. The van der Waals surface area contributed by atoms with E-state index in [1.807, 2.05) is 30.3 Å². The van der Waals surface area contributed by atoms with Crippen LogP contribution in [0.3, 0.4) is 0 Å². The molecule has 0 bridgehead atoms. The summed E-state index contributed by atoms with van der Waals surface area (Å²) in [7, 11) is 1.51. The van der Waals surface area contributed by atoms with Crippen molar-refractivity contribution in [3.05, 3.63) is 105 Å². The standard InChI is InChI=1S/C26H24N4O6/c1-16-23(25(31)28-19-9-6-10-20(14-19)30(33)34)24(29-26(32)27-16)18-11-12-21(22(13-18)35-2)36-15-17-7-4-3-5-8-17/h3-14,24H,15H2,1-2H3,(H,28,31)(H2,27,29,32)/t24-/m0/s1. The van der Waals surface area contributed by atoms with Gasteiger partial charge in [-0.2, -0.15) is 0 Å². The topological polar surface area (TPSA) is 132 Å². The maximum absolute atomic E-state index is 13.2. The molecule has 1 aliphatic rings. The minimum absolute atomic E-state index is 0.152. The van der Waals surface area contributed by atoms with Crippen molar-refractivity contribution in [1.29, 1.82) is 0 Å². The van der Waals surface area contributed by atoms with Crippen LogP contribution in [0.5, 0.6) is 11.5 Å². The van der Waals surface area contributed by atoms with Crippen molar-refractivity contribution in [2.24, 2.45) is 0 Å². The number of urea groups is 1. The number of nitro benzene ring substituents is 1. The summed E-state index contributed by atoms with van der Waals surface area (Å²) >= 11 is 0. The van der Waals surface area contributed by atoms with E-state index in [1.54, 1.807) is 31.2 Å². The van der Waals surface area contributed by atoms with E-state index in [0.29, 0.717) is 29.4 Å². The van der Waals surface area contributed by atoms with Crippen LogP contribution in [0.15, 0.2) is 84.1 Å². The van der Waals surface area contributed by atoms with Crippen molar-refractivity contribution in [1.82, 2.24) is 10.6 Å². The molecule has 0 aliphatic carbocycles. The van der Waals surface area contributed by atoms with Gasteiger partial charge in [0.15, 0.2) is 11.5 Å². The van der Waals surface area contributed by atoms with Crippen LogP contribution in [0.2, 0.25) is 0 Å². The van der Waals surface area contributed by atoms with Crippen molar-refractivity contribution in [2.45, 2.75) is 19.6 Å². The highest BCUT2D eigenvalue weighted by atomic mass is 16.6. The molecule has 0 saturated carbocycles. The van der Waals surface area contributed by atoms with Gasteiger partial charge >= 0.3 is 6.03 Å². The van der Waals surface area contributed by atoms with E-state index < -0.39 is 22.9 Å². The predicted octanol–water partition coefficient (Wildman–Crippen LogP) is 4.45. The fraction of sp³-hybridized carbons (Fsp3) is 0.154. The van der Waals surface area contributed by atoms with Crippen molar-refractivity contribution in [3.8, 4) is 11.5 Å². The number of nitro groups is 1. The molecule has 1 heterocycles. The Hall–Kier alpha value is -4.86. The molecule has 184 valence electrons. The Balaban J connectivity index is 1.60. The Bertz CT molecular complexity index is 1340. The molecule has 0 spiro atoms. The second kappa shape index (κ2) is 10.6. The first-order valence-electron chi connectivity index (χ1n) is 11.0. The molecule has 4 rings (SSSR count). The molecule has 10 nitrogen and oxygen atoms in total. The van der Waals surface area contributed by atoms with Crippen LogP contribution in [0.1, 0.15) is 24.1 Å². The number of hydrogen-bond donors (Lipinski definition) is 3. The molecule has 0 radical (unpaired) electrons. The van der Waals surface area contributed by atoms with Crippen molar-refractivity contribution < 1.29 is 24.0 Å². The number of ether oxygens (including phenoxy) is 2. The lowest BCUT2D eigenvalue weighted by atomic mass is 9.94. The molecular weight excluding hydrogens is 464 g/mol. The number of carbonyl (C=O) groups excluding carboxylic acids is 2. The third kappa shape index (κ3) is 5.44. The second-order valence-corrected chi connectivity index (χ2v) is 8.02. The maximum Gasteiger partial charge on any atom is 0.319 e. The number of benzene rings is 3. The van der Waals surface area contributed by atoms with Gasteiger partial charge in [-0.1, -0.05) is 42.5 Å². The van der Waals surface area contributed by atoms with Gasteiger partial charge in [-0.05, 0) is 36.2 Å². The van der Waals surface area contributed by atoms with Gasteiger partial charge < -0.3 is 25.4 Å². The highest BCUT2D eigenvalue weighted by Crippen LogP contribution is 2.35. The van der Waals surface area contributed by atoms with E-state index in [9.17, 15) is 19.7 Å². The first-order valence-corrected chi connectivity index (χ1v) is 11.0. The number of rotatable bonds is 8. The Morgan fingerprint density at radius 2 is 1.83 bits per heavy atom. The van der Waals surface area contributed by atoms with Gasteiger partial charge in [0.1, 0.15) is 6.61 Å². The van der Waals surface area contributed by atoms with Crippen molar-refractivity contribution in [3.63, 3.8) is 0 Å². The molecule has 0 unspecified atom stereocenters. The van der Waals surface area contributed by atoms with Gasteiger partial charge in [-0.25, -0.2) is 4.79 Å². The summed E-state index contributed by atoms with van der Waals surface area (Å²) in [5.41, 5.74) is 2.30. The van der Waals surface area contributed by atoms with E-state index in [4.69, 9.17) is 9.47 Å². The maximum atomic E-state index is 13.2. The molecule has 1 aliphatic heterocycles. The second-order valence-electron chi connectivity index (χ2n) is 8.02. The summed E-state index contributed by atoms with van der Waals surface area (Å²) in [6.45, 7) is 1.96. The Labute approximate surface area is 207 Å². The average Bonchev–Trinajstić information content (AvgIpc) is 2.87. The van der Waals surface area contributed by atoms with Gasteiger partial charge in [0.05, 0.1) is 23.6 Å². The van der Waals surface area contributed by atoms with Gasteiger partial charge in [0.2, 0.25) is 0 Å². The van der Waals surface area contributed by atoms with Crippen LogP contribution in [-0.2, 0) is 11.4 Å². The fourth-order valence-corrected chi connectivity index (χ4v) is 3.86.